The molecule has 2 aromatic rings. The van der Waals surface area contributed by atoms with Crippen LogP contribution in [0.4, 0.5) is 0 Å². The number of Topliss-reactive ketones (excluding diaryl/α,β-unsaturated/α-hetero) is 1. The Labute approximate surface area is 178 Å². The number of ketones is 1. The zero-order valence-electron chi connectivity index (χ0n) is 18.1. The summed E-state index contributed by atoms with van der Waals surface area (Å²) >= 11 is 0. The third-order valence-corrected chi connectivity index (χ3v) is 4.83. The fourth-order valence-electron chi connectivity index (χ4n) is 3.22. The zero-order chi connectivity index (χ0) is 21.9. The van der Waals surface area contributed by atoms with Gasteiger partial charge in [-0.1, -0.05) is 56.5 Å². The lowest BCUT2D eigenvalue weighted by atomic mass is 9.89. The van der Waals surface area contributed by atoms with Crippen molar-refractivity contribution < 1.29 is 28.5 Å². The van der Waals surface area contributed by atoms with Crippen LogP contribution in [-0.2, 0) is 9.53 Å². The molecule has 2 rings (SSSR count). The highest BCUT2D eigenvalue weighted by molar-refractivity contribution is 6.15. The summed E-state index contributed by atoms with van der Waals surface area (Å²) in [6.07, 6.45) is 3.92. The lowest BCUT2D eigenvalue weighted by Crippen LogP contribution is -2.25. The van der Waals surface area contributed by atoms with E-state index in [0.717, 1.165) is 25.7 Å². The average molecular weight is 414 g/mol. The lowest BCUT2D eigenvalue weighted by Gasteiger charge is -2.19. The standard InChI is InChI=1S/C24H30O6/c1-5-6-7-11-14-30-24(26)21(17-12-9-8-10-13-17)23(25)22-19(28-3)15-18(27-2)16-20(22)29-4/h8-10,12-13,15-16,21H,5-7,11,14H2,1-4H3. The number of carbonyl (C=O) groups is 2. The van der Waals surface area contributed by atoms with Crippen LogP contribution < -0.4 is 14.2 Å². The number of rotatable bonds is 12. The second-order valence-electron chi connectivity index (χ2n) is 6.84. The fraction of sp³-hybridized carbons (Fsp3) is 0.417. The van der Waals surface area contributed by atoms with Gasteiger partial charge in [0.25, 0.3) is 0 Å². The van der Waals surface area contributed by atoms with Crippen LogP contribution in [-0.4, -0.2) is 39.7 Å². The minimum absolute atomic E-state index is 0.178. The van der Waals surface area contributed by atoms with Gasteiger partial charge >= 0.3 is 5.97 Å². The maximum atomic E-state index is 13.6. The number of ether oxygens (including phenoxy) is 4. The first kappa shape index (κ1) is 23.3. The van der Waals surface area contributed by atoms with E-state index in [-0.39, 0.29) is 23.7 Å². The van der Waals surface area contributed by atoms with Crippen LogP contribution in [0.2, 0.25) is 0 Å². The quantitative estimate of drug-likeness (QED) is 0.215. The topological polar surface area (TPSA) is 71.1 Å². The highest BCUT2D eigenvalue weighted by atomic mass is 16.5. The maximum Gasteiger partial charge on any atom is 0.321 e. The summed E-state index contributed by atoms with van der Waals surface area (Å²) in [6, 6.07) is 12.1. The Kier molecular flexibility index (Phi) is 9.19. The van der Waals surface area contributed by atoms with Gasteiger partial charge in [-0.05, 0) is 12.0 Å². The number of esters is 1. The minimum atomic E-state index is -1.12. The molecule has 0 N–H and O–H groups in total. The number of carbonyl (C=O) groups excluding carboxylic acids is 2. The van der Waals surface area contributed by atoms with Gasteiger partial charge in [0.15, 0.2) is 5.78 Å². The molecule has 0 heterocycles. The van der Waals surface area contributed by atoms with E-state index in [1.165, 1.54) is 21.3 Å². The number of benzene rings is 2. The molecule has 0 radical (unpaired) electrons. The summed E-state index contributed by atoms with van der Waals surface area (Å²) in [7, 11) is 4.42. The molecule has 0 saturated carbocycles. The largest absolute Gasteiger partial charge is 0.496 e. The summed E-state index contributed by atoms with van der Waals surface area (Å²) < 4.78 is 21.5. The van der Waals surface area contributed by atoms with E-state index in [1.54, 1.807) is 36.4 Å². The lowest BCUT2D eigenvalue weighted by molar-refractivity contribution is -0.144. The summed E-state index contributed by atoms with van der Waals surface area (Å²) in [4.78, 5) is 26.5. The van der Waals surface area contributed by atoms with Crippen molar-refractivity contribution in [3.05, 3.63) is 53.6 Å². The molecular weight excluding hydrogens is 384 g/mol. The zero-order valence-corrected chi connectivity index (χ0v) is 18.1. The van der Waals surface area contributed by atoms with Crippen LogP contribution in [0.1, 0.15) is 54.4 Å². The molecule has 1 atom stereocenters. The molecule has 0 amide bonds. The summed E-state index contributed by atoms with van der Waals surface area (Å²) in [5.74, 6) is -1.12. The van der Waals surface area contributed by atoms with E-state index in [2.05, 4.69) is 6.92 Å². The summed E-state index contributed by atoms with van der Waals surface area (Å²) in [6.45, 7) is 2.40. The van der Waals surface area contributed by atoms with Crippen molar-refractivity contribution in [2.75, 3.05) is 27.9 Å². The SMILES string of the molecule is CCCCCCOC(=O)C(C(=O)c1c(OC)cc(OC)cc1OC)c1ccccc1. The van der Waals surface area contributed by atoms with E-state index in [1.807, 2.05) is 6.07 Å². The van der Waals surface area contributed by atoms with Crippen molar-refractivity contribution >= 4 is 11.8 Å². The maximum absolute atomic E-state index is 13.6. The number of methoxy groups -OCH3 is 3. The molecule has 0 spiro atoms. The molecule has 162 valence electrons. The molecule has 0 fully saturated rings. The second-order valence-corrected chi connectivity index (χ2v) is 6.84. The van der Waals surface area contributed by atoms with Gasteiger partial charge < -0.3 is 18.9 Å². The predicted molar refractivity (Wildman–Crippen MR) is 115 cm³/mol. The molecule has 0 aliphatic heterocycles. The van der Waals surface area contributed by atoms with Crippen LogP contribution in [0, 0.1) is 0 Å². The van der Waals surface area contributed by atoms with Crippen LogP contribution in [0.5, 0.6) is 17.2 Å². The molecule has 6 heteroatoms. The Morgan fingerprint density at radius 1 is 0.867 bits per heavy atom. The number of hydrogen-bond acceptors (Lipinski definition) is 6. The predicted octanol–water partition coefficient (Wildman–Crippen LogP) is 4.80. The molecule has 1 unspecified atom stereocenters. The molecular formula is C24H30O6. The summed E-state index contributed by atoms with van der Waals surface area (Å²) in [5, 5.41) is 0. The van der Waals surface area contributed by atoms with Gasteiger partial charge in [-0.25, -0.2) is 0 Å². The van der Waals surface area contributed by atoms with Crippen LogP contribution >= 0.6 is 0 Å². The van der Waals surface area contributed by atoms with Gasteiger partial charge in [0.2, 0.25) is 0 Å². The third kappa shape index (κ3) is 5.75. The van der Waals surface area contributed by atoms with Crippen LogP contribution in [0.3, 0.4) is 0 Å². The molecule has 0 aliphatic carbocycles. The fourth-order valence-corrected chi connectivity index (χ4v) is 3.22. The van der Waals surface area contributed by atoms with Crippen LogP contribution in [0.15, 0.2) is 42.5 Å². The monoisotopic (exact) mass is 414 g/mol. The van der Waals surface area contributed by atoms with Gasteiger partial charge in [-0.2, -0.15) is 0 Å². The number of unbranched alkanes of at least 4 members (excludes halogenated alkanes) is 3. The van der Waals surface area contributed by atoms with Crippen molar-refractivity contribution in [1.82, 2.24) is 0 Å². The first-order chi connectivity index (χ1) is 14.6. The smallest absolute Gasteiger partial charge is 0.321 e. The van der Waals surface area contributed by atoms with E-state index < -0.39 is 17.7 Å². The molecule has 30 heavy (non-hydrogen) atoms. The Morgan fingerprint density at radius 3 is 2.03 bits per heavy atom. The normalized spacial score (nSPS) is 11.5. The Hall–Kier alpha value is -3.02. The van der Waals surface area contributed by atoms with E-state index in [9.17, 15) is 9.59 Å². The summed E-state index contributed by atoms with van der Waals surface area (Å²) in [5.41, 5.74) is 0.735. The van der Waals surface area contributed by atoms with E-state index in [4.69, 9.17) is 18.9 Å². The van der Waals surface area contributed by atoms with Crippen molar-refractivity contribution in [3.63, 3.8) is 0 Å². The third-order valence-electron chi connectivity index (χ3n) is 4.83. The Bertz CT molecular complexity index is 806. The molecule has 0 bridgehead atoms. The highest BCUT2D eigenvalue weighted by Crippen LogP contribution is 2.37. The Morgan fingerprint density at radius 2 is 1.50 bits per heavy atom. The highest BCUT2D eigenvalue weighted by Gasteiger charge is 2.35. The first-order valence-electron chi connectivity index (χ1n) is 10.1. The van der Waals surface area contributed by atoms with Crippen molar-refractivity contribution in [3.8, 4) is 17.2 Å². The average Bonchev–Trinajstić information content (AvgIpc) is 2.78. The van der Waals surface area contributed by atoms with E-state index >= 15 is 0 Å². The van der Waals surface area contributed by atoms with Gasteiger partial charge in [-0.15, -0.1) is 0 Å². The van der Waals surface area contributed by atoms with Gasteiger partial charge in [0.1, 0.15) is 28.7 Å². The van der Waals surface area contributed by atoms with Crippen LogP contribution in [0.25, 0.3) is 0 Å². The van der Waals surface area contributed by atoms with Crippen molar-refractivity contribution in [2.24, 2.45) is 0 Å². The second kappa shape index (κ2) is 11.9. The molecule has 0 aliphatic rings. The minimum Gasteiger partial charge on any atom is -0.496 e. The van der Waals surface area contributed by atoms with Gasteiger partial charge in [0.05, 0.1) is 27.9 Å². The number of hydrogen-bond donors (Lipinski definition) is 0. The van der Waals surface area contributed by atoms with Crippen molar-refractivity contribution in [2.45, 2.75) is 38.5 Å². The van der Waals surface area contributed by atoms with Gasteiger partial charge in [0, 0.05) is 12.1 Å². The molecule has 2 aromatic carbocycles. The molecule has 0 aromatic heterocycles. The Balaban J connectivity index is 2.40. The van der Waals surface area contributed by atoms with E-state index in [0.29, 0.717) is 11.3 Å². The molecule has 0 saturated heterocycles. The van der Waals surface area contributed by atoms with Crippen molar-refractivity contribution in [1.29, 1.82) is 0 Å². The first-order valence-corrected chi connectivity index (χ1v) is 10.1. The molecule has 6 nitrogen and oxygen atoms in total. The van der Waals surface area contributed by atoms with Gasteiger partial charge in [-0.3, -0.25) is 9.59 Å².